The fraction of sp³-hybridized carbons (Fsp3) is 0.308. The Morgan fingerprint density at radius 2 is 2.21 bits per heavy atom. The lowest BCUT2D eigenvalue weighted by Crippen LogP contribution is -2.08. The molecule has 0 saturated carbocycles. The lowest BCUT2D eigenvalue weighted by molar-refractivity contribution is -0.384. The smallest absolute Gasteiger partial charge is 0.278 e. The molecule has 6 nitrogen and oxygen atoms in total. The number of benzene rings is 1. The van der Waals surface area contributed by atoms with Crippen LogP contribution in [0.4, 0.5) is 5.69 Å². The number of aromatic amines is 1. The maximum atomic E-state index is 11.0. The fourth-order valence-corrected chi connectivity index (χ4v) is 2.43. The van der Waals surface area contributed by atoms with Crippen molar-refractivity contribution in [2.24, 2.45) is 0 Å². The van der Waals surface area contributed by atoms with Gasteiger partial charge in [0.15, 0.2) is 0 Å². The summed E-state index contributed by atoms with van der Waals surface area (Å²) in [4.78, 5) is 18.2. The van der Waals surface area contributed by atoms with Crippen molar-refractivity contribution in [1.82, 2.24) is 15.3 Å². The van der Waals surface area contributed by atoms with E-state index in [1.807, 2.05) is 0 Å². The first-order valence-corrected chi connectivity index (χ1v) is 6.25. The zero-order valence-electron chi connectivity index (χ0n) is 10.3. The Morgan fingerprint density at radius 1 is 1.37 bits per heavy atom. The maximum Gasteiger partial charge on any atom is 0.278 e. The minimum Gasteiger partial charge on any atom is -0.342 e. The average Bonchev–Trinajstić information content (AvgIpc) is 3.09. The molecule has 2 N–H and O–H groups in total. The van der Waals surface area contributed by atoms with Crippen LogP contribution in [0, 0.1) is 10.1 Å². The number of imidazole rings is 1. The standard InChI is InChI=1S/C13H14N4O2/c18-17(19)12-4-2-1-3-10(12)11-8-15-13(16-11)9-5-6-14-7-9/h1-4,8-9,14H,5-7H2,(H,15,16). The predicted octanol–water partition coefficient (Wildman–Crippen LogP) is 2.06. The molecule has 1 aliphatic heterocycles. The van der Waals surface area contributed by atoms with Gasteiger partial charge in [0.25, 0.3) is 5.69 Å². The third-order valence-electron chi connectivity index (χ3n) is 3.43. The van der Waals surface area contributed by atoms with Crippen LogP contribution in [0.3, 0.4) is 0 Å². The highest BCUT2D eigenvalue weighted by Crippen LogP contribution is 2.29. The van der Waals surface area contributed by atoms with Gasteiger partial charge in [0, 0.05) is 18.5 Å². The molecule has 2 heterocycles. The van der Waals surface area contributed by atoms with E-state index < -0.39 is 0 Å². The molecule has 2 aromatic rings. The summed E-state index contributed by atoms with van der Waals surface area (Å²) in [6.07, 6.45) is 2.72. The van der Waals surface area contributed by atoms with Gasteiger partial charge in [0.1, 0.15) is 5.82 Å². The number of nitrogens with one attached hydrogen (secondary N) is 2. The SMILES string of the molecule is O=[N+]([O-])c1ccccc1-c1cnc(C2CCNC2)[nH]1. The van der Waals surface area contributed by atoms with E-state index in [0.29, 0.717) is 17.2 Å². The van der Waals surface area contributed by atoms with E-state index in [9.17, 15) is 10.1 Å². The third kappa shape index (κ3) is 2.22. The highest BCUT2D eigenvalue weighted by molar-refractivity contribution is 5.70. The van der Waals surface area contributed by atoms with Crippen LogP contribution in [0.2, 0.25) is 0 Å². The van der Waals surface area contributed by atoms with Gasteiger partial charge in [0.05, 0.1) is 22.4 Å². The Bertz CT molecular complexity index is 602. The summed E-state index contributed by atoms with van der Waals surface area (Å²) in [5.74, 6) is 1.27. The summed E-state index contributed by atoms with van der Waals surface area (Å²) in [7, 11) is 0. The zero-order valence-corrected chi connectivity index (χ0v) is 10.3. The molecule has 6 heteroatoms. The molecule has 0 aliphatic carbocycles. The van der Waals surface area contributed by atoms with Crippen molar-refractivity contribution in [2.45, 2.75) is 12.3 Å². The highest BCUT2D eigenvalue weighted by Gasteiger charge is 2.21. The first kappa shape index (κ1) is 11.9. The molecule has 1 unspecified atom stereocenters. The lowest BCUT2D eigenvalue weighted by Gasteiger charge is -2.03. The number of para-hydroxylation sites is 1. The monoisotopic (exact) mass is 258 g/mol. The number of hydrogen-bond acceptors (Lipinski definition) is 4. The van der Waals surface area contributed by atoms with Crippen LogP contribution in [0.25, 0.3) is 11.3 Å². The molecule has 1 aliphatic rings. The Balaban J connectivity index is 1.96. The quantitative estimate of drug-likeness (QED) is 0.652. The van der Waals surface area contributed by atoms with Gasteiger partial charge in [-0.1, -0.05) is 12.1 Å². The van der Waals surface area contributed by atoms with Crippen LogP contribution < -0.4 is 5.32 Å². The Morgan fingerprint density at radius 3 is 2.95 bits per heavy atom. The zero-order chi connectivity index (χ0) is 13.2. The summed E-state index contributed by atoms with van der Waals surface area (Å²) >= 11 is 0. The van der Waals surface area contributed by atoms with Gasteiger partial charge in [-0.3, -0.25) is 10.1 Å². The summed E-state index contributed by atoms with van der Waals surface area (Å²) in [5.41, 5.74) is 1.38. The number of aromatic nitrogens is 2. The largest absolute Gasteiger partial charge is 0.342 e. The summed E-state index contributed by atoms with van der Waals surface area (Å²) < 4.78 is 0. The normalized spacial score (nSPS) is 18.6. The fourth-order valence-electron chi connectivity index (χ4n) is 2.43. The molecule has 1 aromatic heterocycles. The van der Waals surface area contributed by atoms with Crippen molar-refractivity contribution >= 4 is 5.69 Å². The molecule has 3 rings (SSSR count). The number of nitro groups is 1. The molecule has 19 heavy (non-hydrogen) atoms. The van der Waals surface area contributed by atoms with E-state index in [0.717, 1.165) is 25.3 Å². The highest BCUT2D eigenvalue weighted by atomic mass is 16.6. The molecule has 1 fully saturated rings. The predicted molar refractivity (Wildman–Crippen MR) is 70.9 cm³/mol. The minimum absolute atomic E-state index is 0.0993. The summed E-state index contributed by atoms with van der Waals surface area (Å²) in [6.45, 7) is 1.90. The van der Waals surface area contributed by atoms with Crippen molar-refractivity contribution in [2.75, 3.05) is 13.1 Å². The van der Waals surface area contributed by atoms with Crippen LogP contribution in [0.1, 0.15) is 18.2 Å². The number of nitro benzene ring substituents is 1. The van der Waals surface area contributed by atoms with Crippen LogP contribution >= 0.6 is 0 Å². The van der Waals surface area contributed by atoms with E-state index in [1.165, 1.54) is 6.07 Å². The molecule has 0 radical (unpaired) electrons. The molecule has 1 aromatic carbocycles. The average molecular weight is 258 g/mol. The van der Waals surface area contributed by atoms with Gasteiger partial charge in [-0.15, -0.1) is 0 Å². The molecule has 0 amide bonds. The van der Waals surface area contributed by atoms with E-state index in [-0.39, 0.29) is 10.6 Å². The molecule has 98 valence electrons. The van der Waals surface area contributed by atoms with Crippen molar-refractivity contribution < 1.29 is 4.92 Å². The van der Waals surface area contributed by atoms with Gasteiger partial charge < -0.3 is 10.3 Å². The second-order valence-electron chi connectivity index (χ2n) is 4.65. The van der Waals surface area contributed by atoms with E-state index in [2.05, 4.69) is 15.3 Å². The van der Waals surface area contributed by atoms with E-state index >= 15 is 0 Å². The molecule has 1 saturated heterocycles. The topological polar surface area (TPSA) is 83.8 Å². The second kappa shape index (κ2) is 4.81. The van der Waals surface area contributed by atoms with Crippen molar-refractivity contribution in [1.29, 1.82) is 0 Å². The lowest BCUT2D eigenvalue weighted by atomic mass is 10.1. The van der Waals surface area contributed by atoms with Crippen molar-refractivity contribution in [3.63, 3.8) is 0 Å². The van der Waals surface area contributed by atoms with E-state index in [1.54, 1.807) is 24.4 Å². The van der Waals surface area contributed by atoms with Gasteiger partial charge in [-0.2, -0.15) is 0 Å². The minimum atomic E-state index is -0.368. The first-order valence-electron chi connectivity index (χ1n) is 6.25. The Labute approximate surface area is 110 Å². The number of rotatable bonds is 3. The number of H-pyrrole nitrogens is 1. The van der Waals surface area contributed by atoms with E-state index in [4.69, 9.17) is 0 Å². The molecular formula is C13H14N4O2. The van der Waals surface area contributed by atoms with Gasteiger partial charge in [0.2, 0.25) is 0 Å². The van der Waals surface area contributed by atoms with Gasteiger partial charge in [-0.25, -0.2) is 4.98 Å². The van der Waals surface area contributed by atoms with Crippen LogP contribution in [-0.4, -0.2) is 28.0 Å². The van der Waals surface area contributed by atoms with Crippen LogP contribution in [-0.2, 0) is 0 Å². The summed E-state index contributed by atoms with van der Waals surface area (Å²) in [5, 5.41) is 14.3. The molecule has 0 spiro atoms. The van der Waals surface area contributed by atoms with Crippen molar-refractivity contribution in [3.8, 4) is 11.3 Å². The summed E-state index contributed by atoms with van der Waals surface area (Å²) in [6, 6.07) is 6.70. The van der Waals surface area contributed by atoms with Gasteiger partial charge >= 0.3 is 0 Å². The Kier molecular flexibility index (Phi) is 3.00. The third-order valence-corrected chi connectivity index (χ3v) is 3.43. The van der Waals surface area contributed by atoms with Crippen LogP contribution in [0.15, 0.2) is 30.5 Å². The second-order valence-corrected chi connectivity index (χ2v) is 4.65. The molecule has 1 atom stereocenters. The maximum absolute atomic E-state index is 11.0. The molecular weight excluding hydrogens is 244 g/mol. The molecule has 0 bridgehead atoms. The first-order chi connectivity index (χ1) is 9.25. The van der Waals surface area contributed by atoms with Crippen LogP contribution in [0.5, 0.6) is 0 Å². The van der Waals surface area contributed by atoms with Crippen molar-refractivity contribution in [3.05, 3.63) is 46.4 Å². The Hall–Kier alpha value is -2.21. The number of nitrogens with zero attached hydrogens (tertiary/aromatic N) is 2. The number of hydrogen-bond donors (Lipinski definition) is 2. The van der Waals surface area contributed by atoms with Gasteiger partial charge in [-0.05, 0) is 19.0 Å².